The van der Waals surface area contributed by atoms with E-state index in [2.05, 4.69) is 29.0 Å². The molecule has 3 N–H and O–H groups in total. The number of nitrogens with two attached hydrogens (primary N) is 1. The van der Waals surface area contributed by atoms with Gasteiger partial charge in [-0.15, -0.1) is 0 Å². The molecular formula is C12H21N5O. The van der Waals surface area contributed by atoms with E-state index < -0.39 is 0 Å². The maximum atomic E-state index is 8.55. The van der Waals surface area contributed by atoms with E-state index in [0.717, 1.165) is 12.1 Å². The van der Waals surface area contributed by atoms with Crippen LogP contribution >= 0.6 is 0 Å². The van der Waals surface area contributed by atoms with Gasteiger partial charge in [0.1, 0.15) is 5.84 Å². The minimum Gasteiger partial charge on any atom is -0.409 e. The molecule has 1 rings (SSSR count). The van der Waals surface area contributed by atoms with Gasteiger partial charge >= 0.3 is 0 Å². The fourth-order valence-electron chi connectivity index (χ4n) is 1.56. The van der Waals surface area contributed by atoms with Crippen LogP contribution in [0.3, 0.4) is 0 Å². The van der Waals surface area contributed by atoms with Crippen molar-refractivity contribution in [2.75, 3.05) is 18.0 Å². The molecule has 6 heteroatoms. The molecule has 0 saturated carbocycles. The lowest BCUT2D eigenvalue weighted by molar-refractivity contribution is 0.317. The zero-order chi connectivity index (χ0) is 13.5. The fraction of sp³-hybridized carbons (Fsp3) is 0.583. The lowest BCUT2D eigenvalue weighted by Gasteiger charge is -2.24. The minimum absolute atomic E-state index is 0.218. The lowest BCUT2D eigenvalue weighted by atomic mass is 10.2. The van der Waals surface area contributed by atoms with Crippen molar-refractivity contribution in [3.8, 4) is 0 Å². The Balaban J connectivity index is 2.74. The van der Waals surface area contributed by atoms with Crippen LogP contribution in [0.25, 0.3) is 0 Å². The number of rotatable bonds is 6. The quantitative estimate of drug-likeness (QED) is 0.345. The summed E-state index contributed by atoms with van der Waals surface area (Å²) in [4.78, 5) is 10.7. The van der Waals surface area contributed by atoms with Gasteiger partial charge in [0.2, 0.25) is 5.95 Å². The topological polar surface area (TPSA) is 87.6 Å². The maximum absolute atomic E-state index is 8.55. The van der Waals surface area contributed by atoms with E-state index in [-0.39, 0.29) is 5.84 Å². The van der Waals surface area contributed by atoms with Crippen LogP contribution in [-0.2, 0) is 0 Å². The molecule has 0 aliphatic carbocycles. The number of aromatic nitrogens is 2. The summed E-state index contributed by atoms with van der Waals surface area (Å²) in [5.74, 6) is 1.39. The number of hydrogen-bond acceptors (Lipinski definition) is 5. The molecular weight excluding hydrogens is 230 g/mol. The fourth-order valence-corrected chi connectivity index (χ4v) is 1.56. The van der Waals surface area contributed by atoms with E-state index in [9.17, 15) is 0 Å². The SMILES string of the molecule is Cc1cnc(N(CCC(N)=NO)CC(C)C)nc1. The third kappa shape index (κ3) is 4.57. The number of nitrogens with zero attached hydrogens (tertiary/aromatic N) is 4. The highest BCUT2D eigenvalue weighted by Crippen LogP contribution is 2.10. The molecule has 0 unspecified atom stereocenters. The predicted molar refractivity (Wildman–Crippen MR) is 71.8 cm³/mol. The van der Waals surface area contributed by atoms with Gasteiger partial charge in [0.05, 0.1) is 0 Å². The molecule has 0 bridgehead atoms. The molecule has 0 spiro atoms. The predicted octanol–water partition coefficient (Wildman–Crippen LogP) is 1.38. The van der Waals surface area contributed by atoms with E-state index in [0.29, 0.717) is 24.8 Å². The molecule has 6 nitrogen and oxygen atoms in total. The summed E-state index contributed by atoms with van der Waals surface area (Å²) in [6.45, 7) is 7.68. The van der Waals surface area contributed by atoms with Crippen LogP contribution in [0.15, 0.2) is 17.5 Å². The summed E-state index contributed by atoms with van der Waals surface area (Å²) in [6, 6.07) is 0. The molecule has 100 valence electrons. The first-order chi connectivity index (χ1) is 8.52. The maximum Gasteiger partial charge on any atom is 0.225 e. The molecule has 0 aliphatic heterocycles. The van der Waals surface area contributed by atoms with Gasteiger partial charge in [-0.05, 0) is 18.4 Å². The number of aryl methyl sites for hydroxylation is 1. The molecule has 18 heavy (non-hydrogen) atoms. The van der Waals surface area contributed by atoms with Crippen LogP contribution in [0.2, 0.25) is 0 Å². The van der Waals surface area contributed by atoms with E-state index >= 15 is 0 Å². The van der Waals surface area contributed by atoms with Crippen molar-refractivity contribution in [3.05, 3.63) is 18.0 Å². The van der Waals surface area contributed by atoms with E-state index in [1.165, 1.54) is 0 Å². The Bertz CT molecular complexity index is 388. The van der Waals surface area contributed by atoms with Gasteiger partial charge in [-0.25, -0.2) is 9.97 Å². The molecule has 0 fully saturated rings. The van der Waals surface area contributed by atoms with Gasteiger partial charge in [0.25, 0.3) is 0 Å². The monoisotopic (exact) mass is 251 g/mol. The van der Waals surface area contributed by atoms with E-state index in [1.54, 1.807) is 12.4 Å². The first kappa shape index (κ1) is 14.2. The Kier molecular flexibility index (Phi) is 5.35. The molecule has 0 saturated heterocycles. The zero-order valence-electron chi connectivity index (χ0n) is 11.2. The highest BCUT2D eigenvalue weighted by Gasteiger charge is 2.11. The summed E-state index contributed by atoms with van der Waals surface area (Å²) < 4.78 is 0. The molecule has 1 aromatic heterocycles. The Hall–Kier alpha value is -1.85. The second kappa shape index (κ2) is 6.78. The molecule has 1 aromatic rings. The normalized spacial score (nSPS) is 11.9. The second-order valence-electron chi connectivity index (χ2n) is 4.74. The first-order valence-electron chi connectivity index (χ1n) is 6.03. The zero-order valence-corrected chi connectivity index (χ0v) is 11.2. The van der Waals surface area contributed by atoms with Gasteiger partial charge in [0.15, 0.2) is 0 Å². The van der Waals surface area contributed by atoms with Crippen molar-refractivity contribution < 1.29 is 5.21 Å². The molecule has 0 aliphatic rings. The van der Waals surface area contributed by atoms with E-state index in [4.69, 9.17) is 10.9 Å². The van der Waals surface area contributed by atoms with Crippen molar-refractivity contribution in [2.45, 2.75) is 27.2 Å². The summed E-state index contributed by atoms with van der Waals surface area (Å²) in [6.07, 6.45) is 4.07. The summed E-state index contributed by atoms with van der Waals surface area (Å²) in [7, 11) is 0. The number of anilines is 1. The van der Waals surface area contributed by atoms with Crippen LogP contribution in [0.4, 0.5) is 5.95 Å². The Labute approximate surface area is 108 Å². The molecule has 0 amide bonds. The van der Waals surface area contributed by atoms with Crippen molar-refractivity contribution in [1.29, 1.82) is 0 Å². The van der Waals surface area contributed by atoms with Crippen LogP contribution in [0.1, 0.15) is 25.8 Å². The molecule has 0 radical (unpaired) electrons. The number of hydrogen-bond donors (Lipinski definition) is 2. The molecule has 1 heterocycles. The van der Waals surface area contributed by atoms with Gasteiger partial charge in [0, 0.05) is 31.9 Å². The summed E-state index contributed by atoms with van der Waals surface area (Å²) >= 11 is 0. The summed E-state index contributed by atoms with van der Waals surface area (Å²) in [5.41, 5.74) is 6.51. The number of oxime groups is 1. The highest BCUT2D eigenvalue weighted by molar-refractivity contribution is 5.80. The largest absolute Gasteiger partial charge is 0.409 e. The van der Waals surface area contributed by atoms with Crippen LogP contribution < -0.4 is 10.6 Å². The van der Waals surface area contributed by atoms with Gasteiger partial charge in [-0.2, -0.15) is 0 Å². The van der Waals surface area contributed by atoms with Crippen LogP contribution in [0, 0.1) is 12.8 Å². The van der Waals surface area contributed by atoms with Crippen LogP contribution in [0.5, 0.6) is 0 Å². The standard InChI is InChI=1S/C12H21N5O/c1-9(2)8-17(5-4-11(13)16-18)12-14-6-10(3)7-15-12/h6-7,9,18H,4-5,8H2,1-3H3,(H2,13,16). The van der Waals surface area contributed by atoms with Crippen LogP contribution in [-0.4, -0.2) is 34.1 Å². The van der Waals surface area contributed by atoms with Crippen molar-refractivity contribution >= 4 is 11.8 Å². The Morgan fingerprint density at radius 1 is 1.44 bits per heavy atom. The van der Waals surface area contributed by atoms with Crippen molar-refractivity contribution in [3.63, 3.8) is 0 Å². The van der Waals surface area contributed by atoms with Crippen molar-refractivity contribution in [2.24, 2.45) is 16.8 Å². The molecule has 0 atom stereocenters. The minimum atomic E-state index is 0.218. The Morgan fingerprint density at radius 2 is 2.06 bits per heavy atom. The van der Waals surface area contributed by atoms with Gasteiger partial charge < -0.3 is 15.8 Å². The third-order valence-electron chi connectivity index (χ3n) is 2.40. The lowest BCUT2D eigenvalue weighted by Crippen LogP contribution is -2.32. The average Bonchev–Trinajstić information content (AvgIpc) is 2.34. The first-order valence-corrected chi connectivity index (χ1v) is 6.03. The average molecular weight is 251 g/mol. The third-order valence-corrected chi connectivity index (χ3v) is 2.40. The highest BCUT2D eigenvalue weighted by atomic mass is 16.4. The van der Waals surface area contributed by atoms with Crippen molar-refractivity contribution in [1.82, 2.24) is 9.97 Å². The Morgan fingerprint density at radius 3 is 2.56 bits per heavy atom. The summed E-state index contributed by atoms with van der Waals surface area (Å²) in [5, 5.41) is 11.5. The van der Waals surface area contributed by atoms with Gasteiger partial charge in [-0.3, -0.25) is 0 Å². The smallest absolute Gasteiger partial charge is 0.225 e. The second-order valence-corrected chi connectivity index (χ2v) is 4.74. The van der Waals surface area contributed by atoms with Gasteiger partial charge in [-0.1, -0.05) is 19.0 Å². The number of amidine groups is 1. The molecule has 0 aromatic carbocycles. The van der Waals surface area contributed by atoms with E-state index in [1.807, 2.05) is 11.8 Å².